The molecule has 4 aliphatic carbocycles. The molecule has 6 aliphatic rings. The van der Waals surface area contributed by atoms with E-state index in [1.807, 2.05) is 13.8 Å². The van der Waals surface area contributed by atoms with Crippen molar-refractivity contribution in [3.05, 3.63) is 0 Å². The van der Waals surface area contributed by atoms with Gasteiger partial charge >= 0.3 is 0 Å². The number of epoxide rings is 2. The van der Waals surface area contributed by atoms with Gasteiger partial charge in [-0.3, -0.25) is 0 Å². The van der Waals surface area contributed by atoms with Gasteiger partial charge in [0.2, 0.25) is 0 Å². The minimum absolute atomic E-state index is 0.191. The van der Waals surface area contributed by atoms with Crippen LogP contribution < -0.4 is 0 Å². The Morgan fingerprint density at radius 3 is 1.10 bits per heavy atom. The first kappa shape index (κ1) is 38.4. The van der Waals surface area contributed by atoms with Crippen LogP contribution in [0.5, 0.6) is 0 Å². The lowest BCUT2D eigenvalue weighted by Crippen LogP contribution is -2.29. The summed E-state index contributed by atoms with van der Waals surface area (Å²) in [6.45, 7) is 9.61. The summed E-state index contributed by atoms with van der Waals surface area (Å²) in [7, 11) is 0. The van der Waals surface area contributed by atoms with Gasteiger partial charge in [-0.25, -0.2) is 0 Å². The Hall–Kier alpha value is -0.360. The molecule has 0 radical (unpaired) electrons. The smallest absolute Gasteiger partial charge is 0.155 e. The van der Waals surface area contributed by atoms with Crippen LogP contribution in [0, 0.1) is 23.7 Å². The van der Waals surface area contributed by atoms with Crippen molar-refractivity contribution in [2.24, 2.45) is 23.7 Å². The number of hydrogen-bond donors (Lipinski definition) is 0. The maximum Gasteiger partial charge on any atom is 0.155 e. The molecule has 2 saturated heterocycles. The Bertz CT molecular complexity index is 797. The zero-order valence-electron chi connectivity index (χ0n) is 31.0. The first-order valence-corrected chi connectivity index (χ1v) is 20.6. The molecule has 0 bridgehead atoms. The Balaban J connectivity index is 0.700. The lowest BCUT2D eigenvalue weighted by molar-refractivity contribution is -0.182. The molecule has 2 heterocycles. The van der Waals surface area contributed by atoms with Crippen LogP contribution in [-0.2, 0) is 42.6 Å². The third-order valence-electron chi connectivity index (χ3n) is 12.3. The van der Waals surface area contributed by atoms with Gasteiger partial charge in [-0.1, -0.05) is 0 Å². The van der Waals surface area contributed by atoms with Crippen molar-refractivity contribution in [3.63, 3.8) is 0 Å². The molecular weight excluding hydrogens is 624 g/mol. The Kier molecular flexibility index (Phi) is 16.3. The Labute approximate surface area is 297 Å². The van der Waals surface area contributed by atoms with Crippen molar-refractivity contribution < 1.29 is 42.6 Å². The summed E-state index contributed by atoms with van der Waals surface area (Å²) in [5.74, 6) is 3.48. The van der Waals surface area contributed by atoms with Gasteiger partial charge in [0.25, 0.3) is 0 Å². The van der Waals surface area contributed by atoms with Crippen LogP contribution in [0.1, 0.15) is 129 Å². The summed E-state index contributed by atoms with van der Waals surface area (Å²) in [4.78, 5) is 0. The summed E-state index contributed by atoms with van der Waals surface area (Å²) < 4.78 is 52.7. The first-order valence-electron chi connectivity index (χ1n) is 20.6. The standard InChI is InChI=1S/C40H70O9/c1-29(48-37-15-7-33(8-16-37)23-31-3-11-35(12-4-31)44-25-39-27-46-39)42-21-19-41-20-22-43-30(2)49-38-17-9-34(10-18-38)24-32-5-13-36(14-6-32)45-26-40-28-47-40/h29-40H,3-28H2,1-2H3. The van der Waals surface area contributed by atoms with Crippen LogP contribution in [0.25, 0.3) is 0 Å². The van der Waals surface area contributed by atoms with Crippen molar-refractivity contribution in [3.8, 4) is 0 Å². The largest absolute Gasteiger partial charge is 0.377 e. The molecule has 0 amide bonds. The van der Waals surface area contributed by atoms with E-state index >= 15 is 0 Å². The average Bonchev–Trinajstić information content (AvgIpc) is 4.05. The predicted octanol–water partition coefficient (Wildman–Crippen LogP) is 7.61. The van der Waals surface area contributed by atoms with Gasteiger partial charge in [-0.05, 0) is 153 Å². The maximum atomic E-state index is 6.24. The zero-order chi connectivity index (χ0) is 33.7. The van der Waals surface area contributed by atoms with Crippen molar-refractivity contribution in [1.82, 2.24) is 0 Å². The lowest BCUT2D eigenvalue weighted by Gasteiger charge is -2.34. The highest BCUT2D eigenvalue weighted by Crippen LogP contribution is 2.38. The monoisotopic (exact) mass is 695 g/mol. The fourth-order valence-corrected chi connectivity index (χ4v) is 9.10. The summed E-state index contributed by atoms with van der Waals surface area (Å²) in [6.07, 6.45) is 24.7. The van der Waals surface area contributed by atoms with E-state index in [9.17, 15) is 0 Å². The third-order valence-corrected chi connectivity index (χ3v) is 12.3. The minimum Gasteiger partial charge on any atom is -0.377 e. The quantitative estimate of drug-likeness (QED) is 0.0646. The van der Waals surface area contributed by atoms with Crippen molar-refractivity contribution in [1.29, 1.82) is 0 Å². The molecule has 0 spiro atoms. The van der Waals surface area contributed by atoms with E-state index in [-0.39, 0.29) is 12.6 Å². The molecule has 284 valence electrons. The second-order valence-corrected chi connectivity index (χ2v) is 16.4. The van der Waals surface area contributed by atoms with Crippen LogP contribution in [0.15, 0.2) is 0 Å². The summed E-state index contributed by atoms with van der Waals surface area (Å²) in [5, 5.41) is 0. The van der Waals surface area contributed by atoms with Crippen molar-refractivity contribution >= 4 is 0 Å². The lowest BCUT2D eigenvalue weighted by atomic mass is 9.76. The average molecular weight is 695 g/mol. The molecule has 9 heteroatoms. The fourth-order valence-electron chi connectivity index (χ4n) is 9.10. The molecule has 6 rings (SSSR count). The molecule has 49 heavy (non-hydrogen) atoms. The van der Waals surface area contributed by atoms with Crippen LogP contribution >= 0.6 is 0 Å². The van der Waals surface area contributed by atoms with Crippen LogP contribution in [0.3, 0.4) is 0 Å². The highest BCUT2D eigenvalue weighted by molar-refractivity contribution is 4.82. The van der Waals surface area contributed by atoms with E-state index in [1.54, 1.807) is 0 Å². The SMILES string of the molecule is CC(OCCOCCOC(C)OC1CCC(CC2CCC(OCC3CO3)CC2)CC1)OC1CCC(CC2CCC(OCC3CO3)CC2)CC1. The molecule has 0 aromatic rings. The Morgan fingerprint density at radius 1 is 0.449 bits per heavy atom. The fraction of sp³-hybridized carbons (Fsp3) is 1.00. The summed E-state index contributed by atoms with van der Waals surface area (Å²) in [6, 6.07) is 0. The number of ether oxygens (including phenoxy) is 9. The molecule has 9 nitrogen and oxygen atoms in total. The normalized spacial score (nSPS) is 37.8. The van der Waals surface area contributed by atoms with Gasteiger partial charge in [-0.2, -0.15) is 0 Å². The minimum atomic E-state index is -0.191. The first-order chi connectivity index (χ1) is 24.0. The van der Waals surface area contributed by atoms with Gasteiger partial charge in [0.15, 0.2) is 12.6 Å². The van der Waals surface area contributed by atoms with E-state index in [0.29, 0.717) is 63.1 Å². The zero-order valence-corrected chi connectivity index (χ0v) is 31.0. The van der Waals surface area contributed by atoms with Crippen LogP contribution in [-0.4, -0.2) is 102 Å². The van der Waals surface area contributed by atoms with E-state index in [0.717, 1.165) is 75.8 Å². The van der Waals surface area contributed by atoms with E-state index in [4.69, 9.17) is 42.6 Å². The van der Waals surface area contributed by atoms with Gasteiger partial charge in [0, 0.05) is 0 Å². The van der Waals surface area contributed by atoms with E-state index in [1.165, 1.54) is 89.9 Å². The highest BCUT2D eigenvalue weighted by Gasteiger charge is 2.31. The maximum absolute atomic E-state index is 6.24. The summed E-state index contributed by atoms with van der Waals surface area (Å²) in [5.41, 5.74) is 0. The van der Waals surface area contributed by atoms with Gasteiger partial charge in [-0.15, -0.1) is 0 Å². The number of hydrogen-bond acceptors (Lipinski definition) is 9. The molecule has 4 unspecified atom stereocenters. The van der Waals surface area contributed by atoms with E-state index < -0.39 is 0 Å². The molecule has 4 atom stereocenters. The number of rotatable bonds is 22. The van der Waals surface area contributed by atoms with E-state index in [2.05, 4.69) is 0 Å². The molecule has 2 aliphatic heterocycles. The molecule has 6 fully saturated rings. The van der Waals surface area contributed by atoms with Crippen molar-refractivity contribution in [2.75, 3.05) is 52.9 Å². The Morgan fingerprint density at radius 2 is 0.776 bits per heavy atom. The van der Waals surface area contributed by atoms with Gasteiger partial charge in [0.05, 0.1) is 77.3 Å². The topological polar surface area (TPSA) is 89.7 Å². The molecule has 0 N–H and O–H groups in total. The molecular formula is C40H70O9. The summed E-state index contributed by atoms with van der Waals surface area (Å²) >= 11 is 0. The van der Waals surface area contributed by atoms with Gasteiger partial charge in [0.1, 0.15) is 12.2 Å². The second-order valence-electron chi connectivity index (χ2n) is 16.4. The van der Waals surface area contributed by atoms with Crippen LogP contribution in [0.2, 0.25) is 0 Å². The van der Waals surface area contributed by atoms with Gasteiger partial charge < -0.3 is 42.6 Å². The second kappa shape index (κ2) is 20.8. The molecule has 4 saturated carbocycles. The molecule has 0 aromatic heterocycles. The van der Waals surface area contributed by atoms with Crippen LogP contribution in [0.4, 0.5) is 0 Å². The molecule has 0 aromatic carbocycles. The highest BCUT2D eigenvalue weighted by atomic mass is 16.7. The van der Waals surface area contributed by atoms with Crippen molar-refractivity contribution in [2.45, 2.75) is 179 Å². The third kappa shape index (κ3) is 14.9. The predicted molar refractivity (Wildman–Crippen MR) is 187 cm³/mol.